The lowest BCUT2D eigenvalue weighted by Gasteiger charge is -2.00. The first-order chi connectivity index (χ1) is 12.8. The van der Waals surface area contributed by atoms with E-state index in [0.717, 1.165) is 6.08 Å². The third-order valence-corrected chi connectivity index (χ3v) is 3.70. The Morgan fingerprint density at radius 1 is 0.963 bits per heavy atom. The molecule has 9 nitrogen and oxygen atoms in total. The van der Waals surface area contributed by atoms with Crippen LogP contribution in [0, 0.1) is 20.2 Å². The number of carbonyl (C=O) groups is 1. The Morgan fingerprint density at radius 3 is 2.37 bits per heavy atom. The number of benzene rings is 2. The third kappa shape index (κ3) is 3.76. The first-order valence-corrected chi connectivity index (χ1v) is 7.54. The molecule has 2 aromatic carbocycles. The number of hydrogen-bond acceptors (Lipinski definition) is 7. The van der Waals surface area contributed by atoms with E-state index in [1.54, 1.807) is 6.07 Å². The highest BCUT2D eigenvalue weighted by atomic mass is 16.6. The molecule has 3 aromatic rings. The maximum atomic E-state index is 12.3. The van der Waals surface area contributed by atoms with Crippen LogP contribution in [0.25, 0.3) is 17.0 Å². The van der Waals surface area contributed by atoms with E-state index in [0.29, 0.717) is 5.56 Å². The molecule has 1 aromatic heterocycles. The van der Waals surface area contributed by atoms with Crippen LogP contribution in [0.5, 0.6) is 0 Å². The Hall–Kier alpha value is -4.14. The second-order valence-electron chi connectivity index (χ2n) is 5.48. The fourth-order valence-electron chi connectivity index (χ4n) is 2.40. The average Bonchev–Trinajstić information content (AvgIpc) is 2.65. The summed E-state index contributed by atoms with van der Waals surface area (Å²) < 4.78 is 5.03. The molecule has 0 aliphatic heterocycles. The SMILES string of the molecule is O=C(/C=C/c1cccc([N+](=O)[O-])c1)c1cc2cc([N+](=O)[O-])ccc2oc1=O. The standard InChI is InChI=1S/C18H10N2O7/c21-16(6-4-11-2-1-3-13(8-11)19(23)24)15-10-12-9-14(20(25)26)5-7-17(12)27-18(15)22/h1-10H/b6-4+. The van der Waals surface area contributed by atoms with Gasteiger partial charge in [-0.3, -0.25) is 25.0 Å². The van der Waals surface area contributed by atoms with E-state index >= 15 is 0 Å². The average molecular weight is 366 g/mol. The van der Waals surface area contributed by atoms with Crippen molar-refractivity contribution in [2.45, 2.75) is 0 Å². The molecular formula is C18H10N2O7. The van der Waals surface area contributed by atoms with Crippen LogP contribution < -0.4 is 5.63 Å². The minimum Gasteiger partial charge on any atom is -0.422 e. The molecule has 0 spiro atoms. The Labute approximate surface area is 150 Å². The van der Waals surface area contributed by atoms with E-state index in [1.807, 2.05) is 0 Å². The first kappa shape index (κ1) is 17.7. The van der Waals surface area contributed by atoms with Crippen LogP contribution in [-0.4, -0.2) is 15.6 Å². The summed E-state index contributed by atoms with van der Waals surface area (Å²) in [7, 11) is 0. The fourth-order valence-corrected chi connectivity index (χ4v) is 2.40. The summed E-state index contributed by atoms with van der Waals surface area (Å²) in [6, 6.07) is 10.5. The predicted octanol–water partition coefficient (Wildman–Crippen LogP) is 3.51. The molecule has 0 aliphatic rings. The molecule has 0 fully saturated rings. The third-order valence-electron chi connectivity index (χ3n) is 3.70. The molecule has 0 bridgehead atoms. The maximum Gasteiger partial charge on any atom is 0.347 e. The van der Waals surface area contributed by atoms with E-state index in [1.165, 1.54) is 48.5 Å². The highest BCUT2D eigenvalue weighted by Gasteiger charge is 2.14. The minimum atomic E-state index is -0.884. The number of nitro benzene ring substituents is 2. The van der Waals surface area contributed by atoms with Crippen LogP contribution >= 0.6 is 0 Å². The normalized spacial score (nSPS) is 11.0. The molecule has 0 saturated carbocycles. The van der Waals surface area contributed by atoms with Gasteiger partial charge in [-0.2, -0.15) is 0 Å². The van der Waals surface area contributed by atoms with Gasteiger partial charge in [-0.05, 0) is 23.8 Å². The van der Waals surface area contributed by atoms with Gasteiger partial charge in [0.1, 0.15) is 11.1 Å². The van der Waals surface area contributed by atoms with E-state index in [2.05, 4.69) is 0 Å². The number of ketones is 1. The smallest absolute Gasteiger partial charge is 0.347 e. The van der Waals surface area contributed by atoms with Crippen molar-refractivity contribution in [3.63, 3.8) is 0 Å². The summed E-state index contributed by atoms with van der Waals surface area (Å²) in [5.74, 6) is -0.691. The Bertz CT molecular complexity index is 1180. The van der Waals surface area contributed by atoms with Gasteiger partial charge in [0, 0.05) is 29.7 Å². The summed E-state index contributed by atoms with van der Waals surface area (Å²) in [4.78, 5) is 44.8. The lowest BCUT2D eigenvalue weighted by atomic mass is 10.1. The molecule has 134 valence electrons. The van der Waals surface area contributed by atoms with Gasteiger partial charge < -0.3 is 4.42 Å². The van der Waals surface area contributed by atoms with Gasteiger partial charge in [0.2, 0.25) is 0 Å². The van der Waals surface area contributed by atoms with E-state index < -0.39 is 21.3 Å². The number of non-ortho nitro benzene ring substituents is 2. The zero-order valence-corrected chi connectivity index (χ0v) is 13.5. The van der Waals surface area contributed by atoms with Crippen molar-refractivity contribution < 1.29 is 19.1 Å². The van der Waals surface area contributed by atoms with Gasteiger partial charge in [0.25, 0.3) is 11.4 Å². The van der Waals surface area contributed by atoms with Gasteiger partial charge in [0.05, 0.1) is 9.85 Å². The highest BCUT2D eigenvalue weighted by Crippen LogP contribution is 2.21. The molecule has 0 unspecified atom stereocenters. The molecule has 0 radical (unpaired) electrons. The zero-order chi connectivity index (χ0) is 19.6. The molecular weight excluding hydrogens is 356 g/mol. The Morgan fingerprint density at radius 2 is 1.67 bits per heavy atom. The fraction of sp³-hybridized carbons (Fsp3) is 0. The summed E-state index contributed by atoms with van der Waals surface area (Å²) in [6.45, 7) is 0. The van der Waals surface area contributed by atoms with E-state index in [-0.39, 0.29) is 27.9 Å². The monoisotopic (exact) mass is 366 g/mol. The molecule has 3 rings (SSSR count). The van der Waals surface area contributed by atoms with Crippen LogP contribution in [0.2, 0.25) is 0 Å². The van der Waals surface area contributed by atoms with Crippen molar-refractivity contribution in [1.82, 2.24) is 0 Å². The Kier molecular flexibility index (Phi) is 4.58. The van der Waals surface area contributed by atoms with Crippen LogP contribution in [-0.2, 0) is 0 Å². The van der Waals surface area contributed by atoms with Gasteiger partial charge >= 0.3 is 5.63 Å². The molecule has 0 aliphatic carbocycles. The number of rotatable bonds is 5. The van der Waals surface area contributed by atoms with E-state index in [9.17, 15) is 29.8 Å². The lowest BCUT2D eigenvalue weighted by molar-refractivity contribution is -0.385. The van der Waals surface area contributed by atoms with Gasteiger partial charge in [-0.25, -0.2) is 4.79 Å². The van der Waals surface area contributed by atoms with Gasteiger partial charge in [-0.15, -0.1) is 0 Å². The van der Waals surface area contributed by atoms with Crippen molar-refractivity contribution >= 4 is 34.2 Å². The van der Waals surface area contributed by atoms with Crippen molar-refractivity contribution in [2.24, 2.45) is 0 Å². The molecule has 0 amide bonds. The minimum absolute atomic E-state index is 0.116. The highest BCUT2D eigenvalue weighted by molar-refractivity contribution is 6.07. The van der Waals surface area contributed by atoms with Crippen molar-refractivity contribution in [1.29, 1.82) is 0 Å². The van der Waals surface area contributed by atoms with Crippen molar-refractivity contribution in [2.75, 3.05) is 0 Å². The Balaban J connectivity index is 1.96. The number of fused-ring (bicyclic) bond motifs is 1. The quantitative estimate of drug-likeness (QED) is 0.222. The molecule has 0 N–H and O–H groups in total. The topological polar surface area (TPSA) is 134 Å². The number of nitro groups is 2. The second kappa shape index (κ2) is 7.00. The van der Waals surface area contributed by atoms with Crippen LogP contribution in [0.1, 0.15) is 15.9 Å². The zero-order valence-electron chi connectivity index (χ0n) is 13.5. The molecule has 9 heteroatoms. The number of carbonyl (C=O) groups excluding carboxylic acids is 1. The first-order valence-electron chi connectivity index (χ1n) is 7.54. The van der Waals surface area contributed by atoms with Crippen LogP contribution in [0.15, 0.2) is 63.8 Å². The molecule has 1 heterocycles. The summed E-state index contributed by atoms with van der Waals surface area (Å²) >= 11 is 0. The summed E-state index contributed by atoms with van der Waals surface area (Å²) in [5.41, 5.74) is -1.01. The van der Waals surface area contributed by atoms with Gasteiger partial charge in [-0.1, -0.05) is 18.2 Å². The molecule has 27 heavy (non-hydrogen) atoms. The lowest BCUT2D eigenvalue weighted by Crippen LogP contribution is -2.12. The predicted molar refractivity (Wildman–Crippen MR) is 95.6 cm³/mol. The number of nitrogens with zero attached hydrogens (tertiary/aromatic N) is 2. The van der Waals surface area contributed by atoms with E-state index in [4.69, 9.17) is 4.42 Å². The maximum absolute atomic E-state index is 12.3. The summed E-state index contributed by atoms with van der Waals surface area (Å²) in [6.07, 6.45) is 2.40. The van der Waals surface area contributed by atoms with Crippen molar-refractivity contribution in [3.8, 4) is 0 Å². The largest absolute Gasteiger partial charge is 0.422 e. The number of allylic oxidation sites excluding steroid dienone is 1. The summed E-state index contributed by atoms with van der Waals surface area (Å²) in [5, 5.41) is 21.9. The number of hydrogen-bond donors (Lipinski definition) is 0. The van der Waals surface area contributed by atoms with Gasteiger partial charge in [0.15, 0.2) is 5.78 Å². The second-order valence-corrected chi connectivity index (χ2v) is 5.48. The van der Waals surface area contributed by atoms with Crippen LogP contribution in [0.4, 0.5) is 11.4 Å². The van der Waals surface area contributed by atoms with Crippen molar-refractivity contribution in [3.05, 3.63) is 96.4 Å². The molecule has 0 saturated heterocycles. The molecule has 0 atom stereocenters. The van der Waals surface area contributed by atoms with Crippen LogP contribution in [0.3, 0.4) is 0 Å².